The molecule has 1 aliphatic heterocycles. The van der Waals surface area contributed by atoms with Gasteiger partial charge in [-0.05, 0) is 30.7 Å². The minimum absolute atomic E-state index is 0.0877. The van der Waals surface area contributed by atoms with Gasteiger partial charge in [0.15, 0.2) is 0 Å². The Morgan fingerprint density at radius 2 is 2.21 bits per heavy atom. The summed E-state index contributed by atoms with van der Waals surface area (Å²) in [6.07, 6.45) is 2.52. The molecule has 1 fully saturated rings. The standard InChI is InChI=1S/C13H18N2O3S/c16-15(17)12-3-5-13(6-4-12)18-8-7-14-11-2-1-9-19-10-11/h3-6,11,14H,1-2,7-10H2. The average molecular weight is 282 g/mol. The third-order valence-electron chi connectivity index (χ3n) is 3.01. The number of non-ortho nitro benzene ring substituents is 1. The fourth-order valence-corrected chi connectivity index (χ4v) is 3.10. The normalized spacial score (nSPS) is 19.1. The molecule has 0 bridgehead atoms. The van der Waals surface area contributed by atoms with Crippen molar-refractivity contribution in [2.24, 2.45) is 0 Å². The second kappa shape index (κ2) is 7.35. The lowest BCUT2D eigenvalue weighted by Gasteiger charge is -2.22. The molecule has 0 spiro atoms. The number of nitrogens with one attached hydrogen (secondary N) is 1. The maximum atomic E-state index is 10.5. The van der Waals surface area contributed by atoms with Crippen LogP contribution >= 0.6 is 11.8 Å². The van der Waals surface area contributed by atoms with Crippen LogP contribution in [0, 0.1) is 10.1 Å². The molecule has 1 saturated heterocycles. The molecule has 6 heteroatoms. The molecule has 19 heavy (non-hydrogen) atoms. The Morgan fingerprint density at radius 1 is 1.42 bits per heavy atom. The highest BCUT2D eigenvalue weighted by Crippen LogP contribution is 2.18. The zero-order valence-corrected chi connectivity index (χ0v) is 11.5. The van der Waals surface area contributed by atoms with Gasteiger partial charge in [0.1, 0.15) is 12.4 Å². The zero-order valence-electron chi connectivity index (χ0n) is 10.7. The molecule has 1 heterocycles. The summed E-state index contributed by atoms with van der Waals surface area (Å²) in [7, 11) is 0. The topological polar surface area (TPSA) is 64.4 Å². The van der Waals surface area contributed by atoms with Crippen molar-refractivity contribution in [2.75, 3.05) is 24.7 Å². The molecular formula is C13H18N2O3S. The van der Waals surface area contributed by atoms with Crippen molar-refractivity contribution in [1.82, 2.24) is 5.32 Å². The van der Waals surface area contributed by atoms with Gasteiger partial charge in [-0.15, -0.1) is 0 Å². The summed E-state index contributed by atoms with van der Waals surface area (Å²) in [6, 6.07) is 6.78. The van der Waals surface area contributed by atoms with Crippen molar-refractivity contribution in [3.05, 3.63) is 34.4 Å². The van der Waals surface area contributed by atoms with Gasteiger partial charge in [-0.2, -0.15) is 11.8 Å². The van der Waals surface area contributed by atoms with E-state index in [4.69, 9.17) is 4.74 Å². The smallest absolute Gasteiger partial charge is 0.269 e. The Morgan fingerprint density at radius 3 is 2.84 bits per heavy atom. The lowest BCUT2D eigenvalue weighted by molar-refractivity contribution is -0.384. The van der Waals surface area contributed by atoms with Gasteiger partial charge >= 0.3 is 0 Å². The van der Waals surface area contributed by atoms with Crippen LogP contribution in [0.5, 0.6) is 5.75 Å². The first kappa shape index (κ1) is 14.1. The van der Waals surface area contributed by atoms with Crippen LogP contribution in [0.25, 0.3) is 0 Å². The van der Waals surface area contributed by atoms with Crippen molar-refractivity contribution < 1.29 is 9.66 Å². The van der Waals surface area contributed by atoms with E-state index in [1.807, 2.05) is 11.8 Å². The number of nitro groups is 1. The van der Waals surface area contributed by atoms with Crippen LogP contribution < -0.4 is 10.1 Å². The van der Waals surface area contributed by atoms with E-state index in [0.29, 0.717) is 18.4 Å². The SMILES string of the molecule is O=[N+]([O-])c1ccc(OCCNC2CCCSC2)cc1. The van der Waals surface area contributed by atoms with Crippen molar-refractivity contribution in [1.29, 1.82) is 0 Å². The summed E-state index contributed by atoms with van der Waals surface area (Å²) in [4.78, 5) is 10.1. The van der Waals surface area contributed by atoms with Crippen LogP contribution in [-0.4, -0.2) is 35.6 Å². The molecule has 0 radical (unpaired) electrons. The third kappa shape index (κ3) is 4.72. The Labute approximate surface area is 116 Å². The van der Waals surface area contributed by atoms with Crippen LogP contribution in [0.4, 0.5) is 5.69 Å². The molecular weight excluding hydrogens is 264 g/mol. The Balaban J connectivity index is 1.66. The van der Waals surface area contributed by atoms with E-state index in [2.05, 4.69) is 5.32 Å². The van der Waals surface area contributed by atoms with Crippen molar-refractivity contribution in [2.45, 2.75) is 18.9 Å². The predicted molar refractivity (Wildman–Crippen MR) is 76.9 cm³/mol. The largest absolute Gasteiger partial charge is 0.492 e. The average Bonchev–Trinajstić information content (AvgIpc) is 2.45. The van der Waals surface area contributed by atoms with Gasteiger partial charge in [0.05, 0.1) is 4.92 Å². The fraction of sp³-hybridized carbons (Fsp3) is 0.538. The van der Waals surface area contributed by atoms with Crippen LogP contribution in [0.3, 0.4) is 0 Å². The van der Waals surface area contributed by atoms with E-state index >= 15 is 0 Å². The number of rotatable bonds is 6. The highest BCUT2D eigenvalue weighted by molar-refractivity contribution is 7.99. The number of benzene rings is 1. The van der Waals surface area contributed by atoms with Gasteiger partial charge in [-0.1, -0.05) is 0 Å². The minimum atomic E-state index is -0.411. The number of nitrogens with zero attached hydrogens (tertiary/aromatic N) is 1. The van der Waals surface area contributed by atoms with Gasteiger partial charge < -0.3 is 10.1 Å². The fourth-order valence-electron chi connectivity index (χ4n) is 2.00. The minimum Gasteiger partial charge on any atom is -0.492 e. The monoisotopic (exact) mass is 282 g/mol. The van der Waals surface area contributed by atoms with Gasteiger partial charge in [0.2, 0.25) is 0 Å². The third-order valence-corrected chi connectivity index (χ3v) is 4.23. The molecule has 1 N–H and O–H groups in total. The lowest BCUT2D eigenvalue weighted by Crippen LogP contribution is -2.36. The quantitative estimate of drug-likeness (QED) is 0.493. The molecule has 0 saturated carbocycles. The molecule has 1 aromatic carbocycles. The van der Waals surface area contributed by atoms with Crippen LogP contribution in [0.2, 0.25) is 0 Å². The van der Waals surface area contributed by atoms with Gasteiger partial charge in [-0.3, -0.25) is 10.1 Å². The first-order valence-corrected chi connectivity index (χ1v) is 7.59. The molecule has 0 amide bonds. The highest BCUT2D eigenvalue weighted by Gasteiger charge is 2.12. The summed E-state index contributed by atoms with van der Waals surface area (Å²) in [5, 5.41) is 14.0. The van der Waals surface area contributed by atoms with Crippen molar-refractivity contribution >= 4 is 17.4 Å². The number of thioether (sulfide) groups is 1. The summed E-state index contributed by atoms with van der Waals surface area (Å²) >= 11 is 1.99. The second-order valence-corrected chi connectivity index (χ2v) is 5.62. The Kier molecular flexibility index (Phi) is 5.47. The summed E-state index contributed by atoms with van der Waals surface area (Å²) in [6.45, 7) is 1.39. The molecule has 104 valence electrons. The summed E-state index contributed by atoms with van der Waals surface area (Å²) in [5.41, 5.74) is 0.0877. The summed E-state index contributed by atoms with van der Waals surface area (Å²) in [5.74, 6) is 3.13. The van der Waals surface area contributed by atoms with Crippen molar-refractivity contribution in [3.8, 4) is 5.75 Å². The molecule has 0 aromatic heterocycles. The zero-order chi connectivity index (χ0) is 13.5. The van der Waals surface area contributed by atoms with Gasteiger partial charge in [-0.25, -0.2) is 0 Å². The van der Waals surface area contributed by atoms with E-state index in [9.17, 15) is 10.1 Å². The van der Waals surface area contributed by atoms with Gasteiger partial charge in [0.25, 0.3) is 5.69 Å². The molecule has 1 unspecified atom stereocenters. The molecule has 2 rings (SSSR count). The van der Waals surface area contributed by atoms with Crippen LogP contribution in [0.1, 0.15) is 12.8 Å². The van der Waals surface area contributed by atoms with Crippen LogP contribution in [0.15, 0.2) is 24.3 Å². The predicted octanol–water partition coefficient (Wildman–Crippen LogP) is 2.46. The maximum Gasteiger partial charge on any atom is 0.269 e. The van der Waals surface area contributed by atoms with Crippen molar-refractivity contribution in [3.63, 3.8) is 0 Å². The van der Waals surface area contributed by atoms with E-state index in [0.717, 1.165) is 6.54 Å². The van der Waals surface area contributed by atoms with E-state index in [1.54, 1.807) is 12.1 Å². The first-order chi connectivity index (χ1) is 9.25. The highest BCUT2D eigenvalue weighted by atomic mass is 32.2. The number of nitro benzene ring substituents is 1. The second-order valence-electron chi connectivity index (χ2n) is 4.47. The summed E-state index contributed by atoms with van der Waals surface area (Å²) < 4.78 is 5.54. The number of ether oxygens (including phenoxy) is 1. The maximum absolute atomic E-state index is 10.5. The van der Waals surface area contributed by atoms with E-state index in [-0.39, 0.29) is 5.69 Å². The van der Waals surface area contributed by atoms with Gasteiger partial charge in [0, 0.05) is 30.5 Å². The first-order valence-electron chi connectivity index (χ1n) is 6.44. The van der Waals surface area contributed by atoms with Crippen LogP contribution in [-0.2, 0) is 0 Å². The molecule has 1 aliphatic rings. The Bertz CT molecular complexity index is 405. The lowest BCUT2D eigenvalue weighted by atomic mass is 10.2. The molecule has 5 nitrogen and oxygen atoms in total. The molecule has 1 atom stereocenters. The Hall–Kier alpha value is -1.27. The number of hydrogen-bond donors (Lipinski definition) is 1. The number of hydrogen-bond acceptors (Lipinski definition) is 5. The molecule has 0 aliphatic carbocycles. The molecule has 1 aromatic rings. The van der Waals surface area contributed by atoms with E-state index < -0.39 is 4.92 Å². The van der Waals surface area contributed by atoms with E-state index in [1.165, 1.54) is 36.5 Å².